The lowest BCUT2D eigenvalue weighted by Crippen LogP contribution is -2.21. The third-order valence-corrected chi connectivity index (χ3v) is 6.10. The van der Waals surface area contributed by atoms with E-state index in [2.05, 4.69) is 21.2 Å². The Hall–Kier alpha value is -1.86. The first kappa shape index (κ1) is 19.9. The summed E-state index contributed by atoms with van der Waals surface area (Å²) in [5.74, 6) is 0.00257. The lowest BCUT2D eigenvalue weighted by atomic mass is 9.95. The summed E-state index contributed by atoms with van der Waals surface area (Å²) in [4.78, 5) is 26.0. The molecule has 1 N–H and O–H groups in total. The Morgan fingerprint density at radius 1 is 1.26 bits per heavy atom. The molecule has 1 heterocycles. The molecule has 0 unspecified atom stereocenters. The summed E-state index contributed by atoms with van der Waals surface area (Å²) in [6.07, 6.45) is 3.95. The average molecular weight is 452 g/mol. The summed E-state index contributed by atoms with van der Waals surface area (Å²) in [6.45, 7) is 3.89. The molecule has 0 bridgehead atoms. The molecule has 5 nitrogen and oxygen atoms in total. The maximum Gasteiger partial charge on any atom is 0.341 e. The number of aryl methyl sites for hydroxylation is 2. The molecule has 0 fully saturated rings. The van der Waals surface area contributed by atoms with Crippen LogP contribution >= 0.6 is 27.3 Å². The second-order valence-corrected chi connectivity index (χ2v) is 8.40. The molecule has 1 aliphatic carbocycles. The smallest absolute Gasteiger partial charge is 0.341 e. The van der Waals surface area contributed by atoms with Gasteiger partial charge in [-0.3, -0.25) is 4.79 Å². The Morgan fingerprint density at radius 2 is 2.04 bits per heavy atom. The van der Waals surface area contributed by atoms with Crippen LogP contribution < -0.4 is 10.1 Å². The zero-order valence-electron chi connectivity index (χ0n) is 15.4. The predicted molar refractivity (Wildman–Crippen MR) is 110 cm³/mol. The second kappa shape index (κ2) is 8.89. The van der Waals surface area contributed by atoms with Crippen LogP contribution in [0.2, 0.25) is 0 Å². The molecule has 0 saturated heterocycles. The summed E-state index contributed by atoms with van der Waals surface area (Å²) < 4.78 is 11.8. The van der Waals surface area contributed by atoms with Crippen molar-refractivity contribution < 1.29 is 19.1 Å². The molecular weight excluding hydrogens is 430 g/mol. The SMILES string of the molecule is CCOC(=O)c1c(NC(=O)COc2ccc(Br)cc2C)sc2c1CCCC2. The van der Waals surface area contributed by atoms with E-state index in [1.54, 1.807) is 6.92 Å². The van der Waals surface area contributed by atoms with Crippen molar-refractivity contribution in [1.82, 2.24) is 0 Å². The van der Waals surface area contributed by atoms with Gasteiger partial charge in [-0.2, -0.15) is 0 Å². The third kappa shape index (κ3) is 4.71. The predicted octanol–water partition coefficient (Wildman–Crippen LogP) is 4.89. The van der Waals surface area contributed by atoms with Crippen molar-refractivity contribution >= 4 is 44.1 Å². The molecule has 0 aliphatic heterocycles. The number of nitrogens with one attached hydrogen (secondary N) is 1. The van der Waals surface area contributed by atoms with Crippen LogP contribution in [0.4, 0.5) is 5.00 Å². The Labute approximate surface area is 171 Å². The average Bonchev–Trinajstić information content (AvgIpc) is 2.99. The van der Waals surface area contributed by atoms with E-state index in [0.29, 0.717) is 22.9 Å². The number of carbonyl (C=O) groups is 2. The molecule has 1 amide bonds. The van der Waals surface area contributed by atoms with Crippen molar-refractivity contribution in [3.63, 3.8) is 0 Å². The summed E-state index contributed by atoms with van der Waals surface area (Å²) in [6, 6.07) is 5.62. The van der Waals surface area contributed by atoms with Gasteiger partial charge in [-0.05, 0) is 68.9 Å². The van der Waals surface area contributed by atoms with Crippen LogP contribution in [0.25, 0.3) is 0 Å². The number of benzene rings is 1. The molecular formula is C20H22BrNO4S. The van der Waals surface area contributed by atoms with Gasteiger partial charge in [0, 0.05) is 9.35 Å². The number of hydrogen-bond acceptors (Lipinski definition) is 5. The van der Waals surface area contributed by atoms with Gasteiger partial charge in [-0.15, -0.1) is 11.3 Å². The number of amides is 1. The minimum Gasteiger partial charge on any atom is -0.483 e. The molecule has 0 atom stereocenters. The summed E-state index contributed by atoms with van der Waals surface area (Å²) in [5, 5.41) is 3.42. The van der Waals surface area contributed by atoms with Crippen LogP contribution in [0.1, 0.15) is 46.1 Å². The van der Waals surface area contributed by atoms with Crippen molar-refractivity contribution in [1.29, 1.82) is 0 Å². The van der Waals surface area contributed by atoms with Gasteiger partial charge in [0.05, 0.1) is 12.2 Å². The van der Waals surface area contributed by atoms with Crippen LogP contribution in [0.3, 0.4) is 0 Å². The van der Waals surface area contributed by atoms with Gasteiger partial charge < -0.3 is 14.8 Å². The number of esters is 1. The highest BCUT2D eigenvalue weighted by Gasteiger charge is 2.27. The maximum atomic E-state index is 12.4. The van der Waals surface area contributed by atoms with Crippen LogP contribution in [0, 0.1) is 6.92 Å². The van der Waals surface area contributed by atoms with E-state index < -0.39 is 0 Å². The molecule has 7 heteroatoms. The standard InChI is InChI=1S/C20H22BrNO4S/c1-3-25-20(24)18-14-6-4-5-7-16(14)27-19(18)22-17(23)11-26-15-9-8-13(21)10-12(15)2/h8-10H,3-7,11H2,1-2H3,(H,22,23). The Balaban J connectivity index is 1.73. The van der Waals surface area contributed by atoms with Gasteiger partial charge in [0.15, 0.2) is 6.61 Å². The molecule has 1 aromatic carbocycles. The number of ether oxygens (including phenoxy) is 2. The van der Waals surface area contributed by atoms with E-state index in [1.165, 1.54) is 16.2 Å². The van der Waals surface area contributed by atoms with E-state index in [1.807, 2.05) is 25.1 Å². The van der Waals surface area contributed by atoms with Crippen molar-refractivity contribution in [3.05, 3.63) is 44.2 Å². The van der Waals surface area contributed by atoms with Crippen molar-refractivity contribution in [3.8, 4) is 5.75 Å². The minimum atomic E-state index is -0.364. The first-order chi connectivity index (χ1) is 13.0. The fourth-order valence-corrected chi connectivity index (χ4v) is 4.92. The zero-order chi connectivity index (χ0) is 19.4. The topological polar surface area (TPSA) is 64.6 Å². The minimum absolute atomic E-state index is 0.118. The molecule has 1 aliphatic rings. The highest BCUT2D eigenvalue weighted by atomic mass is 79.9. The Kier molecular flexibility index (Phi) is 6.55. The van der Waals surface area contributed by atoms with E-state index in [4.69, 9.17) is 9.47 Å². The monoisotopic (exact) mass is 451 g/mol. The molecule has 0 saturated carbocycles. The van der Waals surface area contributed by atoms with Crippen molar-refractivity contribution in [2.45, 2.75) is 39.5 Å². The number of hydrogen-bond donors (Lipinski definition) is 1. The van der Waals surface area contributed by atoms with Crippen LogP contribution in [0.15, 0.2) is 22.7 Å². The van der Waals surface area contributed by atoms with E-state index in [-0.39, 0.29) is 18.5 Å². The molecule has 144 valence electrons. The van der Waals surface area contributed by atoms with Crippen molar-refractivity contribution in [2.75, 3.05) is 18.5 Å². The molecule has 3 rings (SSSR count). The Bertz CT molecular complexity index is 862. The fourth-order valence-electron chi connectivity index (χ4n) is 3.15. The van der Waals surface area contributed by atoms with Gasteiger partial charge in [0.25, 0.3) is 5.91 Å². The molecule has 27 heavy (non-hydrogen) atoms. The van der Waals surface area contributed by atoms with Gasteiger partial charge in [-0.25, -0.2) is 4.79 Å². The molecule has 0 spiro atoms. The van der Waals surface area contributed by atoms with Crippen molar-refractivity contribution in [2.24, 2.45) is 0 Å². The third-order valence-electron chi connectivity index (χ3n) is 4.40. The maximum absolute atomic E-state index is 12.4. The zero-order valence-corrected chi connectivity index (χ0v) is 17.8. The second-order valence-electron chi connectivity index (χ2n) is 6.38. The van der Waals surface area contributed by atoms with Gasteiger partial charge in [-0.1, -0.05) is 15.9 Å². The van der Waals surface area contributed by atoms with E-state index in [0.717, 1.165) is 41.3 Å². The van der Waals surface area contributed by atoms with Crippen LogP contribution in [-0.4, -0.2) is 25.1 Å². The number of anilines is 1. The fraction of sp³-hybridized carbons (Fsp3) is 0.400. The summed E-state index contributed by atoms with van der Waals surface area (Å²) >= 11 is 4.88. The number of carbonyl (C=O) groups excluding carboxylic acids is 2. The highest BCUT2D eigenvalue weighted by molar-refractivity contribution is 9.10. The lowest BCUT2D eigenvalue weighted by Gasteiger charge is -2.12. The summed E-state index contributed by atoms with van der Waals surface area (Å²) in [5.41, 5.74) is 2.49. The molecule has 1 aromatic heterocycles. The molecule has 0 radical (unpaired) electrons. The quantitative estimate of drug-likeness (QED) is 0.634. The van der Waals surface area contributed by atoms with E-state index >= 15 is 0 Å². The number of fused-ring (bicyclic) bond motifs is 1. The Morgan fingerprint density at radius 3 is 2.78 bits per heavy atom. The highest BCUT2D eigenvalue weighted by Crippen LogP contribution is 2.38. The number of rotatable bonds is 6. The van der Waals surface area contributed by atoms with Gasteiger partial charge in [0.1, 0.15) is 10.8 Å². The number of thiophene rings is 1. The largest absolute Gasteiger partial charge is 0.483 e. The first-order valence-corrected chi connectivity index (χ1v) is 10.6. The molecule has 2 aromatic rings. The van der Waals surface area contributed by atoms with E-state index in [9.17, 15) is 9.59 Å². The lowest BCUT2D eigenvalue weighted by molar-refractivity contribution is -0.118. The first-order valence-electron chi connectivity index (χ1n) is 9.00. The van der Waals surface area contributed by atoms with Gasteiger partial charge >= 0.3 is 5.97 Å². The van der Waals surface area contributed by atoms with Gasteiger partial charge in [0.2, 0.25) is 0 Å². The normalized spacial score (nSPS) is 13.0. The van der Waals surface area contributed by atoms with Crippen LogP contribution in [-0.2, 0) is 22.4 Å². The summed E-state index contributed by atoms with van der Waals surface area (Å²) in [7, 11) is 0. The number of halogens is 1. The van der Waals surface area contributed by atoms with Crippen LogP contribution in [0.5, 0.6) is 5.75 Å².